The van der Waals surface area contributed by atoms with Crippen molar-refractivity contribution in [2.24, 2.45) is 0 Å². The molecule has 0 spiro atoms. The highest BCUT2D eigenvalue weighted by Gasteiger charge is 2.33. The fourth-order valence-electron chi connectivity index (χ4n) is 4.49. The molecule has 1 aliphatic carbocycles. The summed E-state index contributed by atoms with van der Waals surface area (Å²) in [5.41, 5.74) is -0.0747. The summed E-state index contributed by atoms with van der Waals surface area (Å²) < 4.78 is 2.03. The third-order valence-corrected chi connectivity index (χ3v) is 5.87. The summed E-state index contributed by atoms with van der Waals surface area (Å²) in [5, 5.41) is 12.7. The molecule has 0 N–H and O–H groups in total. The van der Waals surface area contributed by atoms with Crippen LogP contribution < -0.4 is 0 Å². The first-order valence-electron chi connectivity index (χ1n) is 10.3. The molecule has 1 saturated carbocycles. The standard InChI is InChI=1S/C19H36N6/c1-5-9-17(18-20-21-22-25(18)19(2,3)4)24-14-12-23(13-15-24)16-10-7-6-8-11-16/h16-17H,5-15H2,1-4H3. The molecule has 0 aromatic carbocycles. The van der Waals surface area contributed by atoms with E-state index in [1.54, 1.807) is 0 Å². The third kappa shape index (κ3) is 4.40. The Balaban J connectivity index is 1.67. The average Bonchev–Trinajstić information content (AvgIpc) is 3.10. The smallest absolute Gasteiger partial charge is 0.168 e. The normalized spacial score (nSPS) is 23.0. The zero-order valence-corrected chi connectivity index (χ0v) is 16.6. The summed E-state index contributed by atoms with van der Waals surface area (Å²) in [5.74, 6) is 1.04. The zero-order valence-electron chi connectivity index (χ0n) is 16.6. The molecule has 1 aromatic rings. The number of nitrogens with zero attached hydrogens (tertiary/aromatic N) is 6. The molecule has 1 unspecified atom stereocenters. The van der Waals surface area contributed by atoms with Crippen LogP contribution in [0.15, 0.2) is 0 Å². The van der Waals surface area contributed by atoms with E-state index in [0.29, 0.717) is 6.04 Å². The van der Waals surface area contributed by atoms with Crippen LogP contribution in [0.2, 0.25) is 0 Å². The molecule has 0 radical (unpaired) electrons. The summed E-state index contributed by atoms with van der Waals surface area (Å²) in [7, 11) is 0. The molecule has 142 valence electrons. The van der Waals surface area contributed by atoms with E-state index < -0.39 is 0 Å². The third-order valence-electron chi connectivity index (χ3n) is 5.87. The molecule has 1 atom stereocenters. The van der Waals surface area contributed by atoms with Gasteiger partial charge >= 0.3 is 0 Å². The van der Waals surface area contributed by atoms with Crippen molar-refractivity contribution in [1.82, 2.24) is 30.0 Å². The molecule has 1 aromatic heterocycles. The Bertz CT molecular complexity index is 520. The lowest BCUT2D eigenvalue weighted by atomic mass is 9.93. The van der Waals surface area contributed by atoms with Crippen LogP contribution in [0.3, 0.4) is 0 Å². The molecule has 6 heteroatoms. The first kappa shape index (κ1) is 18.8. The first-order chi connectivity index (χ1) is 12.0. The van der Waals surface area contributed by atoms with E-state index in [4.69, 9.17) is 0 Å². The molecule has 1 saturated heterocycles. The van der Waals surface area contributed by atoms with Gasteiger partial charge in [0.25, 0.3) is 0 Å². The summed E-state index contributed by atoms with van der Waals surface area (Å²) in [6.07, 6.45) is 9.36. The van der Waals surface area contributed by atoms with Gasteiger partial charge in [-0.3, -0.25) is 9.80 Å². The highest BCUT2D eigenvalue weighted by atomic mass is 15.6. The Morgan fingerprint density at radius 2 is 1.72 bits per heavy atom. The van der Waals surface area contributed by atoms with Crippen molar-refractivity contribution >= 4 is 0 Å². The van der Waals surface area contributed by atoms with Crippen molar-refractivity contribution in [3.8, 4) is 0 Å². The second kappa shape index (κ2) is 8.12. The van der Waals surface area contributed by atoms with E-state index in [-0.39, 0.29) is 5.54 Å². The van der Waals surface area contributed by atoms with Gasteiger partial charge in [0, 0.05) is 32.2 Å². The van der Waals surface area contributed by atoms with Crippen molar-refractivity contribution < 1.29 is 0 Å². The fraction of sp³-hybridized carbons (Fsp3) is 0.947. The second-order valence-electron chi connectivity index (χ2n) is 8.79. The minimum Gasteiger partial charge on any atom is -0.298 e. The SMILES string of the molecule is CCCC(c1nnnn1C(C)(C)C)N1CCN(C2CCCCC2)CC1. The van der Waals surface area contributed by atoms with E-state index >= 15 is 0 Å². The average molecular weight is 349 g/mol. The Labute approximate surface area is 152 Å². The molecule has 25 heavy (non-hydrogen) atoms. The van der Waals surface area contributed by atoms with E-state index in [9.17, 15) is 0 Å². The van der Waals surface area contributed by atoms with Crippen LogP contribution in [0, 0.1) is 0 Å². The minimum absolute atomic E-state index is 0.0747. The molecular weight excluding hydrogens is 312 g/mol. The van der Waals surface area contributed by atoms with Gasteiger partial charge in [-0.05, 0) is 50.5 Å². The van der Waals surface area contributed by atoms with Gasteiger partial charge in [-0.1, -0.05) is 32.6 Å². The Morgan fingerprint density at radius 3 is 2.32 bits per heavy atom. The number of rotatable bonds is 5. The van der Waals surface area contributed by atoms with Gasteiger partial charge in [0.2, 0.25) is 0 Å². The summed E-state index contributed by atoms with van der Waals surface area (Å²) in [6.45, 7) is 13.5. The van der Waals surface area contributed by atoms with E-state index in [2.05, 4.69) is 53.0 Å². The van der Waals surface area contributed by atoms with Crippen molar-refractivity contribution in [3.63, 3.8) is 0 Å². The number of aromatic nitrogens is 4. The number of tetrazole rings is 1. The summed E-state index contributed by atoms with van der Waals surface area (Å²) >= 11 is 0. The monoisotopic (exact) mass is 348 g/mol. The summed E-state index contributed by atoms with van der Waals surface area (Å²) in [6, 6.07) is 1.17. The first-order valence-corrected chi connectivity index (χ1v) is 10.3. The van der Waals surface area contributed by atoms with Gasteiger partial charge < -0.3 is 0 Å². The second-order valence-corrected chi connectivity index (χ2v) is 8.79. The molecule has 0 amide bonds. The van der Waals surface area contributed by atoms with Crippen LogP contribution in [-0.4, -0.2) is 62.2 Å². The maximum atomic E-state index is 4.43. The van der Waals surface area contributed by atoms with Crippen LogP contribution in [0.25, 0.3) is 0 Å². The molecule has 3 rings (SSSR count). The van der Waals surface area contributed by atoms with Gasteiger partial charge in [0.1, 0.15) is 0 Å². The fourth-order valence-corrected chi connectivity index (χ4v) is 4.49. The lowest BCUT2D eigenvalue weighted by Crippen LogP contribution is -2.52. The molecule has 0 bridgehead atoms. The van der Waals surface area contributed by atoms with Crippen LogP contribution in [0.1, 0.15) is 84.5 Å². The number of hydrogen-bond donors (Lipinski definition) is 0. The largest absolute Gasteiger partial charge is 0.298 e. The van der Waals surface area contributed by atoms with E-state index in [1.165, 1.54) is 45.2 Å². The maximum absolute atomic E-state index is 4.43. The van der Waals surface area contributed by atoms with Crippen molar-refractivity contribution in [2.45, 2.75) is 90.3 Å². The molecule has 1 aliphatic heterocycles. The Morgan fingerprint density at radius 1 is 1.04 bits per heavy atom. The lowest BCUT2D eigenvalue weighted by Gasteiger charge is -2.43. The molecule has 2 fully saturated rings. The van der Waals surface area contributed by atoms with Gasteiger partial charge in [0.05, 0.1) is 11.6 Å². The molecule has 2 heterocycles. The maximum Gasteiger partial charge on any atom is 0.168 e. The van der Waals surface area contributed by atoms with Gasteiger partial charge in [0.15, 0.2) is 5.82 Å². The van der Waals surface area contributed by atoms with E-state index in [0.717, 1.165) is 37.8 Å². The van der Waals surface area contributed by atoms with Crippen molar-refractivity contribution in [2.75, 3.05) is 26.2 Å². The Kier molecular flexibility index (Phi) is 6.10. The van der Waals surface area contributed by atoms with Crippen LogP contribution in [-0.2, 0) is 5.54 Å². The van der Waals surface area contributed by atoms with Gasteiger partial charge in [-0.25, -0.2) is 4.68 Å². The predicted octanol–water partition coefficient (Wildman–Crippen LogP) is 3.22. The van der Waals surface area contributed by atoms with Crippen molar-refractivity contribution in [1.29, 1.82) is 0 Å². The quantitative estimate of drug-likeness (QED) is 0.818. The molecule has 2 aliphatic rings. The zero-order chi connectivity index (χ0) is 17.9. The van der Waals surface area contributed by atoms with Gasteiger partial charge in [-0.2, -0.15) is 0 Å². The molecular formula is C19H36N6. The summed E-state index contributed by atoms with van der Waals surface area (Å²) in [4.78, 5) is 5.36. The van der Waals surface area contributed by atoms with Crippen LogP contribution >= 0.6 is 0 Å². The number of hydrogen-bond acceptors (Lipinski definition) is 5. The molecule has 6 nitrogen and oxygen atoms in total. The van der Waals surface area contributed by atoms with Gasteiger partial charge in [-0.15, -0.1) is 5.10 Å². The Hall–Kier alpha value is -1.01. The van der Waals surface area contributed by atoms with Crippen LogP contribution in [0.5, 0.6) is 0 Å². The highest BCUT2D eigenvalue weighted by Crippen LogP contribution is 2.29. The lowest BCUT2D eigenvalue weighted by molar-refractivity contribution is 0.0487. The predicted molar refractivity (Wildman–Crippen MR) is 100 cm³/mol. The van der Waals surface area contributed by atoms with E-state index in [1.807, 2.05) is 4.68 Å². The van der Waals surface area contributed by atoms with Crippen LogP contribution in [0.4, 0.5) is 0 Å². The highest BCUT2D eigenvalue weighted by molar-refractivity contribution is 4.98. The van der Waals surface area contributed by atoms with Crippen molar-refractivity contribution in [3.05, 3.63) is 5.82 Å². The topological polar surface area (TPSA) is 50.1 Å². The minimum atomic E-state index is -0.0747. The number of piperazine rings is 1.